The highest BCUT2D eigenvalue weighted by atomic mass is 32.1. The first kappa shape index (κ1) is 17.9. The Morgan fingerprint density at radius 2 is 1.86 bits per heavy atom. The van der Waals surface area contributed by atoms with E-state index in [1.165, 1.54) is 21.8 Å². The van der Waals surface area contributed by atoms with Crippen molar-refractivity contribution in [1.82, 2.24) is 9.38 Å². The lowest BCUT2D eigenvalue weighted by molar-refractivity contribution is -0.147. The Hall–Kier alpha value is -3.45. The summed E-state index contributed by atoms with van der Waals surface area (Å²) >= 11 is 1.34. The number of rotatable bonds is 6. The molecule has 4 rings (SSSR count). The van der Waals surface area contributed by atoms with Crippen LogP contribution in [0.25, 0.3) is 16.1 Å². The lowest BCUT2D eigenvalue weighted by Crippen LogP contribution is -2.17. The van der Waals surface area contributed by atoms with Gasteiger partial charge in [0.15, 0.2) is 11.6 Å². The van der Waals surface area contributed by atoms with Gasteiger partial charge in [-0.2, -0.15) is 0 Å². The second-order valence-electron chi connectivity index (χ2n) is 5.95. The Morgan fingerprint density at radius 3 is 2.71 bits per heavy atom. The number of benzene rings is 2. The van der Waals surface area contributed by atoms with Gasteiger partial charge in [0.1, 0.15) is 12.4 Å². The maximum absolute atomic E-state index is 12.1. The third kappa shape index (κ3) is 3.94. The molecule has 0 N–H and O–H groups in total. The van der Waals surface area contributed by atoms with Crippen LogP contribution in [0.15, 0.2) is 77.0 Å². The van der Waals surface area contributed by atoms with Gasteiger partial charge in [-0.3, -0.25) is 9.20 Å². The summed E-state index contributed by atoms with van der Waals surface area (Å²) in [6.07, 6.45) is 1.66. The molecule has 4 aromatic rings. The molecule has 7 heteroatoms. The van der Waals surface area contributed by atoms with Crippen molar-refractivity contribution in [3.8, 4) is 16.9 Å². The first-order valence-corrected chi connectivity index (χ1v) is 9.47. The third-order valence-corrected chi connectivity index (χ3v) is 4.81. The number of nitrogens with zero attached hydrogens (tertiary/aromatic N) is 2. The van der Waals surface area contributed by atoms with E-state index in [9.17, 15) is 9.59 Å². The quantitative estimate of drug-likeness (QED) is 0.470. The van der Waals surface area contributed by atoms with Crippen molar-refractivity contribution in [2.24, 2.45) is 0 Å². The second kappa shape index (κ2) is 8.06. The van der Waals surface area contributed by atoms with Crippen LogP contribution in [-0.2, 0) is 16.1 Å². The molecule has 0 unspecified atom stereocenters. The number of carbonyl (C=O) groups is 1. The summed E-state index contributed by atoms with van der Waals surface area (Å²) < 4.78 is 12.3. The molecular formula is C21H16N2O4S. The fourth-order valence-electron chi connectivity index (χ4n) is 2.74. The number of esters is 1. The average molecular weight is 392 g/mol. The molecule has 0 radical (unpaired) electrons. The molecule has 2 aromatic heterocycles. The Balaban J connectivity index is 1.39. The van der Waals surface area contributed by atoms with Crippen LogP contribution in [0.5, 0.6) is 5.75 Å². The standard InChI is InChI=1S/C21H16N2O4S/c24-19-12-16(22-21-23(19)10-11-28-21)13-27-20(25)14-26-18-9-5-4-8-17(18)15-6-2-1-3-7-15/h1-12H,13-14H2. The number of hydrogen-bond donors (Lipinski definition) is 0. The molecule has 0 aliphatic carbocycles. The van der Waals surface area contributed by atoms with E-state index in [2.05, 4.69) is 4.98 Å². The van der Waals surface area contributed by atoms with Crippen LogP contribution in [0, 0.1) is 0 Å². The summed E-state index contributed by atoms with van der Waals surface area (Å²) in [5, 5.41) is 1.78. The van der Waals surface area contributed by atoms with E-state index in [1.807, 2.05) is 54.6 Å². The molecule has 2 aromatic carbocycles. The number of ether oxygens (including phenoxy) is 2. The number of thiazole rings is 1. The molecule has 0 amide bonds. The number of fused-ring (bicyclic) bond motifs is 1. The van der Waals surface area contributed by atoms with Gasteiger partial charge < -0.3 is 9.47 Å². The SMILES string of the molecule is O=C(COc1ccccc1-c1ccccc1)OCc1cc(=O)n2ccsc2n1. The lowest BCUT2D eigenvalue weighted by Gasteiger charge is -2.11. The van der Waals surface area contributed by atoms with Gasteiger partial charge in [0.25, 0.3) is 5.56 Å². The van der Waals surface area contributed by atoms with Gasteiger partial charge in [-0.05, 0) is 11.6 Å². The van der Waals surface area contributed by atoms with Crippen molar-refractivity contribution in [3.05, 3.63) is 88.3 Å². The normalized spacial score (nSPS) is 10.7. The molecule has 2 heterocycles. The molecule has 0 saturated heterocycles. The molecular weight excluding hydrogens is 376 g/mol. The molecule has 6 nitrogen and oxygen atoms in total. The topological polar surface area (TPSA) is 69.9 Å². The lowest BCUT2D eigenvalue weighted by atomic mass is 10.1. The largest absolute Gasteiger partial charge is 0.481 e. The van der Waals surface area contributed by atoms with Gasteiger partial charge in [-0.1, -0.05) is 48.5 Å². The number of hydrogen-bond acceptors (Lipinski definition) is 6. The summed E-state index contributed by atoms with van der Waals surface area (Å²) in [6, 6.07) is 18.7. The molecule has 0 spiro atoms. The fourth-order valence-corrected chi connectivity index (χ4v) is 3.48. The van der Waals surface area contributed by atoms with E-state index >= 15 is 0 Å². The number of carbonyl (C=O) groups excluding carboxylic acids is 1. The van der Waals surface area contributed by atoms with Gasteiger partial charge >= 0.3 is 5.97 Å². The predicted octanol–water partition coefficient (Wildman–Crippen LogP) is 3.55. The number of aromatic nitrogens is 2. The average Bonchev–Trinajstić information content (AvgIpc) is 3.21. The van der Waals surface area contributed by atoms with E-state index in [0.717, 1.165) is 11.1 Å². The zero-order valence-electron chi connectivity index (χ0n) is 14.8. The zero-order chi connectivity index (χ0) is 19.3. The minimum absolute atomic E-state index is 0.0772. The van der Waals surface area contributed by atoms with Crippen molar-refractivity contribution in [2.75, 3.05) is 6.61 Å². The van der Waals surface area contributed by atoms with Crippen LogP contribution < -0.4 is 10.3 Å². The molecule has 0 bridgehead atoms. The molecule has 0 aliphatic rings. The summed E-state index contributed by atoms with van der Waals surface area (Å²) in [4.78, 5) is 28.9. The fraction of sp³-hybridized carbons (Fsp3) is 0.0952. The monoisotopic (exact) mass is 392 g/mol. The smallest absolute Gasteiger partial charge is 0.344 e. The molecule has 28 heavy (non-hydrogen) atoms. The summed E-state index contributed by atoms with van der Waals surface area (Å²) in [5.41, 5.74) is 2.10. The van der Waals surface area contributed by atoms with Gasteiger partial charge in [0.2, 0.25) is 0 Å². The molecule has 0 fully saturated rings. The Morgan fingerprint density at radius 1 is 1.07 bits per heavy atom. The van der Waals surface area contributed by atoms with Gasteiger partial charge in [-0.15, -0.1) is 11.3 Å². The van der Waals surface area contributed by atoms with Gasteiger partial charge in [0.05, 0.1) is 5.69 Å². The second-order valence-corrected chi connectivity index (χ2v) is 6.83. The van der Waals surface area contributed by atoms with E-state index < -0.39 is 5.97 Å². The third-order valence-electron chi connectivity index (χ3n) is 4.05. The van der Waals surface area contributed by atoms with Crippen molar-refractivity contribution >= 4 is 22.3 Å². The van der Waals surface area contributed by atoms with Crippen LogP contribution in [0.3, 0.4) is 0 Å². The first-order chi connectivity index (χ1) is 13.7. The molecule has 0 aliphatic heterocycles. The van der Waals surface area contributed by atoms with Crippen molar-refractivity contribution < 1.29 is 14.3 Å². The predicted molar refractivity (Wildman–Crippen MR) is 107 cm³/mol. The molecule has 0 saturated carbocycles. The van der Waals surface area contributed by atoms with E-state index in [0.29, 0.717) is 16.4 Å². The van der Waals surface area contributed by atoms with E-state index in [-0.39, 0.29) is 18.8 Å². The van der Waals surface area contributed by atoms with E-state index in [4.69, 9.17) is 9.47 Å². The highest BCUT2D eigenvalue weighted by Gasteiger charge is 2.11. The number of para-hydroxylation sites is 1. The highest BCUT2D eigenvalue weighted by Crippen LogP contribution is 2.29. The van der Waals surface area contributed by atoms with Crippen LogP contribution in [0.2, 0.25) is 0 Å². The minimum Gasteiger partial charge on any atom is -0.481 e. The van der Waals surface area contributed by atoms with E-state index in [1.54, 1.807) is 11.6 Å². The van der Waals surface area contributed by atoms with Gasteiger partial charge in [0, 0.05) is 23.2 Å². The van der Waals surface area contributed by atoms with Crippen LogP contribution >= 0.6 is 11.3 Å². The van der Waals surface area contributed by atoms with Crippen molar-refractivity contribution in [1.29, 1.82) is 0 Å². The Kier molecular flexibility index (Phi) is 5.16. The maximum Gasteiger partial charge on any atom is 0.344 e. The first-order valence-electron chi connectivity index (χ1n) is 8.59. The maximum atomic E-state index is 12.1. The summed E-state index contributed by atoms with van der Waals surface area (Å²) in [7, 11) is 0. The van der Waals surface area contributed by atoms with Crippen LogP contribution in [0.1, 0.15) is 5.69 Å². The summed E-state index contributed by atoms with van der Waals surface area (Å²) in [5.74, 6) is 0.0677. The molecule has 140 valence electrons. The molecule has 0 atom stereocenters. The zero-order valence-corrected chi connectivity index (χ0v) is 15.6. The summed E-state index contributed by atoms with van der Waals surface area (Å²) in [6.45, 7) is -0.309. The Bertz CT molecular complexity index is 1170. The van der Waals surface area contributed by atoms with Crippen LogP contribution in [0.4, 0.5) is 0 Å². The van der Waals surface area contributed by atoms with Crippen molar-refractivity contribution in [2.45, 2.75) is 6.61 Å². The van der Waals surface area contributed by atoms with Crippen LogP contribution in [-0.4, -0.2) is 22.0 Å². The van der Waals surface area contributed by atoms with Crippen molar-refractivity contribution in [3.63, 3.8) is 0 Å². The minimum atomic E-state index is -0.531. The van der Waals surface area contributed by atoms with Gasteiger partial charge in [-0.25, -0.2) is 9.78 Å². The Labute approximate surface area is 164 Å². The highest BCUT2D eigenvalue weighted by molar-refractivity contribution is 7.15.